The molecule has 2 aliphatic rings. The van der Waals surface area contributed by atoms with Crippen LogP contribution in [-0.4, -0.2) is 28.4 Å². The van der Waals surface area contributed by atoms with Crippen LogP contribution in [0.3, 0.4) is 0 Å². The number of likely N-dealkylation sites (tertiary alicyclic amines) is 1. The average molecular weight is 231 g/mol. The molecular formula is C13H17N3O. The fourth-order valence-corrected chi connectivity index (χ4v) is 2.81. The number of carbonyl (C=O) groups excluding carboxylic acids is 1. The van der Waals surface area contributed by atoms with Crippen molar-refractivity contribution in [1.29, 1.82) is 0 Å². The quantitative estimate of drug-likeness (QED) is 0.847. The second-order valence-corrected chi connectivity index (χ2v) is 4.96. The molecule has 1 aromatic rings. The first-order valence-electron chi connectivity index (χ1n) is 6.22. The van der Waals surface area contributed by atoms with Crippen LogP contribution in [0.1, 0.15) is 30.9 Å². The van der Waals surface area contributed by atoms with Crippen LogP contribution >= 0.6 is 0 Å². The van der Waals surface area contributed by atoms with Crippen LogP contribution in [0.4, 0.5) is 0 Å². The van der Waals surface area contributed by atoms with Crippen LogP contribution in [-0.2, 0) is 4.79 Å². The van der Waals surface area contributed by atoms with Crippen molar-refractivity contribution in [1.82, 2.24) is 9.88 Å². The van der Waals surface area contributed by atoms with Crippen LogP contribution in [0.15, 0.2) is 24.5 Å². The highest BCUT2D eigenvalue weighted by Crippen LogP contribution is 2.44. The zero-order valence-electron chi connectivity index (χ0n) is 9.75. The summed E-state index contributed by atoms with van der Waals surface area (Å²) in [5.41, 5.74) is 6.99. The van der Waals surface area contributed by atoms with E-state index >= 15 is 0 Å². The molecule has 1 amide bonds. The van der Waals surface area contributed by atoms with Gasteiger partial charge in [0.05, 0.1) is 6.04 Å². The van der Waals surface area contributed by atoms with Gasteiger partial charge in [0.25, 0.3) is 0 Å². The van der Waals surface area contributed by atoms with Gasteiger partial charge in [-0.1, -0.05) is 0 Å². The topological polar surface area (TPSA) is 59.2 Å². The summed E-state index contributed by atoms with van der Waals surface area (Å²) in [6, 6.07) is 4.63. The molecule has 1 saturated heterocycles. The minimum absolute atomic E-state index is 0.169. The summed E-state index contributed by atoms with van der Waals surface area (Å²) in [7, 11) is 0. The van der Waals surface area contributed by atoms with Crippen LogP contribution in [0.25, 0.3) is 0 Å². The number of rotatable bonds is 3. The molecule has 0 radical (unpaired) electrons. The van der Waals surface area contributed by atoms with Crippen molar-refractivity contribution in [2.75, 3.05) is 6.54 Å². The Balaban J connectivity index is 1.94. The van der Waals surface area contributed by atoms with Crippen molar-refractivity contribution in [2.24, 2.45) is 11.7 Å². The lowest BCUT2D eigenvalue weighted by Crippen LogP contribution is -2.32. The molecule has 17 heavy (non-hydrogen) atoms. The maximum atomic E-state index is 12.1. The fourth-order valence-electron chi connectivity index (χ4n) is 2.81. The van der Waals surface area contributed by atoms with Crippen LogP contribution in [0.5, 0.6) is 0 Å². The van der Waals surface area contributed by atoms with Crippen molar-refractivity contribution in [2.45, 2.75) is 31.3 Å². The Morgan fingerprint density at radius 1 is 1.35 bits per heavy atom. The Kier molecular flexibility index (Phi) is 2.59. The van der Waals surface area contributed by atoms with E-state index in [0.717, 1.165) is 12.8 Å². The standard InChI is InChI=1S/C13H17N3O/c14-8-10-7-12(17)16(11-1-2-11)13(10)9-3-5-15-6-4-9/h3-6,10-11,13H,1-2,7-8,14H2. The van der Waals surface area contributed by atoms with E-state index < -0.39 is 0 Å². The molecule has 0 spiro atoms. The molecule has 1 saturated carbocycles. The third kappa shape index (κ3) is 1.82. The number of pyridine rings is 1. The van der Waals surface area contributed by atoms with Gasteiger partial charge in [0, 0.05) is 30.8 Å². The minimum Gasteiger partial charge on any atom is -0.332 e. The van der Waals surface area contributed by atoms with E-state index in [-0.39, 0.29) is 17.9 Å². The minimum atomic E-state index is 0.169. The van der Waals surface area contributed by atoms with Gasteiger partial charge in [-0.15, -0.1) is 0 Å². The number of nitrogens with zero attached hydrogens (tertiary/aromatic N) is 2. The highest BCUT2D eigenvalue weighted by Gasteiger charge is 2.46. The Bertz CT molecular complexity index is 416. The summed E-state index contributed by atoms with van der Waals surface area (Å²) in [6.07, 6.45) is 6.46. The monoisotopic (exact) mass is 231 g/mol. The predicted molar refractivity (Wildman–Crippen MR) is 64.0 cm³/mol. The number of hydrogen-bond donors (Lipinski definition) is 1. The maximum absolute atomic E-state index is 12.1. The molecule has 2 heterocycles. The van der Waals surface area contributed by atoms with E-state index in [2.05, 4.69) is 9.88 Å². The van der Waals surface area contributed by atoms with Gasteiger partial charge in [0.15, 0.2) is 0 Å². The van der Waals surface area contributed by atoms with Crippen molar-refractivity contribution >= 4 is 5.91 Å². The van der Waals surface area contributed by atoms with Crippen molar-refractivity contribution in [3.8, 4) is 0 Å². The summed E-state index contributed by atoms with van der Waals surface area (Å²) in [5.74, 6) is 0.523. The molecule has 2 fully saturated rings. The Labute approximate surface area is 101 Å². The first-order valence-corrected chi connectivity index (χ1v) is 6.22. The molecule has 90 valence electrons. The van der Waals surface area contributed by atoms with E-state index in [0.29, 0.717) is 19.0 Å². The SMILES string of the molecule is NCC1CC(=O)N(C2CC2)C1c1ccncc1. The molecule has 0 aromatic carbocycles. The smallest absolute Gasteiger partial charge is 0.223 e. The van der Waals surface area contributed by atoms with Gasteiger partial charge in [-0.25, -0.2) is 0 Å². The van der Waals surface area contributed by atoms with Gasteiger partial charge in [-0.2, -0.15) is 0 Å². The molecule has 2 unspecified atom stereocenters. The first kappa shape index (κ1) is 10.7. The second-order valence-electron chi connectivity index (χ2n) is 4.96. The lowest BCUT2D eigenvalue weighted by Gasteiger charge is -2.28. The molecule has 2 N–H and O–H groups in total. The van der Waals surface area contributed by atoms with E-state index in [1.54, 1.807) is 12.4 Å². The molecule has 2 atom stereocenters. The number of aromatic nitrogens is 1. The van der Waals surface area contributed by atoms with Gasteiger partial charge in [-0.05, 0) is 37.1 Å². The zero-order chi connectivity index (χ0) is 11.8. The summed E-state index contributed by atoms with van der Waals surface area (Å²) >= 11 is 0. The fraction of sp³-hybridized carbons (Fsp3) is 0.538. The molecule has 4 nitrogen and oxygen atoms in total. The molecule has 1 aliphatic carbocycles. The third-order valence-electron chi connectivity index (χ3n) is 3.76. The molecule has 3 rings (SSSR count). The average Bonchev–Trinajstić information content (AvgIpc) is 3.14. The lowest BCUT2D eigenvalue weighted by atomic mass is 9.94. The molecule has 4 heteroatoms. The number of nitrogens with two attached hydrogens (primary N) is 1. The summed E-state index contributed by atoms with van der Waals surface area (Å²) in [5, 5.41) is 0. The lowest BCUT2D eigenvalue weighted by molar-refractivity contribution is -0.129. The van der Waals surface area contributed by atoms with Crippen molar-refractivity contribution in [3.63, 3.8) is 0 Å². The number of carbonyl (C=O) groups is 1. The Morgan fingerprint density at radius 3 is 2.65 bits per heavy atom. The molecule has 1 aliphatic heterocycles. The van der Waals surface area contributed by atoms with Gasteiger partial charge < -0.3 is 10.6 Å². The van der Waals surface area contributed by atoms with Crippen LogP contribution in [0, 0.1) is 5.92 Å². The third-order valence-corrected chi connectivity index (χ3v) is 3.76. The molecular weight excluding hydrogens is 214 g/mol. The zero-order valence-corrected chi connectivity index (χ0v) is 9.75. The van der Waals surface area contributed by atoms with Crippen molar-refractivity contribution in [3.05, 3.63) is 30.1 Å². The Morgan fingerprint density at radius 2 is 2.06 bits per heavy atom. The van der Waals surface area contributed by atoms with E-state index in [9.17, 15) is 4.79 Å². The highest BCUT2D eigenvalue weighted by molar-refractivity contribution is 5.80. The normalized spacial score (nSPS) is 28.8. The maximum Gasteiger partial charge on any atom is 0.223 e. The molecule has 1 aromatic heterocycles. The van der Waals surface area contributed by atoms with E-state index in [4.69, 9.17) is 5.73 Å². The summed E-state index contributed by atoms with van der Waals surface area (Å²) in [6.45, 7) is 0.571. The predicted octanol–water partition coefficient (Wildman–Crippen LogP) is 1.09. The summed E-state index contributed by atoms with van der Waals surface area (Å²) < 4.78 is 0. The largest absolute Gasteiger partial charge is 0.332 e. The molecule has 0 bridgehead atoms. The number of amides is 1. The number of hydrogen-bond acceptors (Lipinski definition) is 3. The van der Waals surface area contributed by atoms with Crippen LogP contribution in [0.2, 0.25) is 0 Å². The first-order chi connectivity index (χ1) is 8.31. The van der Waals surface area contributed by atoms with Gasteiger partial charge in [-0.3, -0.25) is 9.78 Å². The van der Waals surface area contributed by atoms with Gasteiger partial charge >= 0.3 is 0 Å². The van der Waals surface area contributed by atoms with Gasteiger partial charge in [0.2, 0.25) is 5.91 Å². The van der Waals surface area contributed by atoms with Crippen molar-refractivity contribution < 1.29 is 4.79 Å². The highest BCUT2D eigenvalue weighted by atomic mass is 16.2. The Hall–Kier alpha value is -1.42. The van der Waals surface area contributed by atoms with E-state index in [1.807, 2.05) is 12.1 Å². The van der Waals surface area contributed by atoms with Gasteiger partial charge in [0.1, 0.15) is 0 Å². The summed E-state index contributed by atoms with van der Waals surface area (Å²) in [4.78, 5) is 18.2. The van der Waals surface area contributed by atoms with Crippen LogP contribution < -0.4 is 5.73 Å². The second kappa shape index (κ2) is 4.11. The van der Waals surface area contributed by atoms with E-state index in [1.165, 1.54) is 5.56 Å².